The highest BCUT2D eigenvalue weighted by Crippen LogP contribution is 2.36. The lowest BCUT2D eigenvalue weighted by Crippen LogP contribution is -1.99. The van der Waals surface area contributed by atoms with Crippen LogP contribution in [0.4, 0.5) is 0 Å². The van der Waals surface area contributed by atoms with Gasteiger partial charge in [-0.3, -0.25) is 0 Å². The van der Waals surface area contributed by atoms with Crippen molar-refractivity contribution in [1.82, 2.24) is 19.6 Å². The number of aryl methyl sites for hydroxylation is 2. The Morgan fingerprint density at radius 3 is 2.96 bits per heavy atom. The second-order valence-corrected chi connectivity index (χ2v) is 8.01. The van der Waals surface area contributed by atoms with Gasteiger partial charge in [-0.1, -0.05) is 28.9 Å². The summed E-state index contributed by atoms with van der Waals surface area (Å²) < 4.78 is 1.74. The fraction of sp³-hybridized carbons (Fsp3) is 0.263. The van der Waals surface area contributed by atoms with Crippen molar-refractivity contribution in [2.75, 3.05) is 0 Å². The molecule has 0 N–H and O–H groups in total. The monoisotopic (exact) mass is 397 g/mol. The molecule has 1 aliphatic carbocycles. The van der Waals surface area contributed by atoms with Crippen molar-refractivity contribution >= 4 is 45.0 Å². The zero-order valence-electron chi connectivity index (χ0n) is 14.4. The van der Waals surface area contributed by atoms with E-state index in [0.29, 0.717) is 10.8 Å². The smallest absolute Gasteiger partial charge is 0.192 e. The number of fused-ring (bicyclic) bond motifs is 5. The number of benzene rings is 1. The van der Waals surface area contributed by atoms with E-state index in [1.807, 2.05) is 24.3 Å². The molecule has 0 aliphatic heterocycles. The topological polar surface area (TPSA) is 64.7 Å². The molecular formula is C19H16ClN5OS. The van der Waals surface area contributed by atoms with Gasteiger partial charge >= 0.3 is 0 Å². The Kier molecular flexibility index (Phi) is 4.26. The van der Waals surface area contributed by atoms with Crippen molar-refractivity contribution in [3.8, 4) is 0 Å². The Labute approximate surface area is 164 Å². The molecule has 3 aromatic heterocycles. The van der Waals surface area contributed by atoms with Crippen LogP contribution in [-0.4, -0.2) is 25.8 Å². The number of nitrogens with zero attached hydrogens (tertiary/aromatic N) is 5. The highest BCUT2D eigenvalue weighted by atomic mass is 35.5. The zero-order chi connectivity index (χ0) is 18.2. The van der Waals surface area contributed by atoms with Gasteiger partial charge in [0.15, 0.2) is 18.1 Å². The molecule has 1 aliphatic rings. The minimum absolute atomic E-state index is 0.208. The van der Waals surface area contributed by atoms with Crippen LogP contribution in [0.25, 0.3) is 15.9 Å². The molecule has 0 fully saturated rings. The van der Waals surface area contributed by atoms with Crippen molar-refractivity contribution in [2.24, 2.45) is 5.16 Å². The van der Waals surface area contributed by atoms with Gasteiger partial charge in [0, 0.05) is 9.90 Å². The summed E-state index contributed by atoms with van der Waals surface area (Å²) in [6, 6.07) is 7.37. The molecule has 0 bridgehead atoms. The summed E-state index contributed by atoms with van der Waals surface area (Å²) >= 11 is 7.66. The van der Waals surface area contributed by atoms with Crippen LogP contribution in [0.2, 0.25) is 5.02 Å². The van der Waals surface area contributed by atoms with Crippen LogP contribution in [0.1, 0.15) is 34.7 Å². The molecule has 3 heterocycles. The molecule has 27 heavy (non-hydrogen) atoms. The molecule has 0 radical (unpaired) electrons. The van der Waals surface area contributed by atoms with Crippen molar-refractivity contribution in [1.29, 1.82) is 0 Å². The summed E-state index contributed by atoms with van der Waals surface area (Å²) in [4.78, 5) is 17.1. The molecule has 0 unspecified atom stereocenters. The van der Waals surface area contributed by atoms with Crippen LogP contribution >= 0.6 is 22.9 Å². The van der Waals surface area contributed by atoms with E-state index < -0.39 is 0 Å². The van der Waals surface area contributed by atoms with Crippen molar-refractivity contribution in [2.45, 2.75) is 32.3 Å². The molecule has 0 saturated carbocycles. The lowest BCUT2D eigenvalue weighted by atomic mass is 9.97. The largest absolute Gasteiger partial charge is 0.387 e. The molecular weight excluding hydrogens is 382 g/mol. The number of oxime groups is 1. The average molecular weight is 398 g/mol. The second kappa shape index (κ2) is 6.90. The minimum Gasteiger partial charge on any atom is -0.387 e. The van der Waals surface area contributed by atoms with E-state index >= 15 is 0 Å². The van der Waals surface area contributed by atoms with Gasteiger partial charge in [-0.05, 0) is 48.9 Å². The summed E-state index contributed by atoms with van der Waals surface area (Å²) in [6.07, 6.45) is 8.10. The third-order valence-electron chi connectivity index (χ3n) is 4.68. The maximum atomic E-state index is 5.87. The van der Waals surface area contributed by atoms with E-state index in [-0.39, 0.29) is 6.61 Å². The van der Waals surface area contributed by atoms with E-state index in [0.717, 1.165) is 34.3 Å². The van der Waals surface area contributed by atoms with Crippen molar-refractivity contribution < 1.29 is 4.84 Å². The molecule has 6 nitrogen and oxygen atoms in total. The second-order valence-electron chi connectivity index (χ2n) is 6.49. The number of rotatable bonds is 4. The van der Waals surface area contributed by atoms with E-state index in [2.05, 4.69) is 20.2 Å². The van der Waals surface area contributed by atoms with E-state index in [1.165, 1.54) is 23.3 Å². The molecule has 0 spiro atoms. The maximum absolute atomic E-state index is 5.87. The lowest BCUT2D eigenvalue weighted by Gasteiger charge is -2.09. The average Bonchev–Trinajstić information content (AvgIpc) is 3.27. The highest BCUT2D eigenvalue weighted by Gasteiger charge is 2.20. The molecule has 0 amide bonds. The van der Waals surface area contributed by atoms with Crippen LogP contribution in [0.3, 0.4) is 0 Å². The molecule has 136 valence electrons. The molecule has 0 saturated heterocycles. The first kappa shape index (κ1) is 16.6. The summed E-state index contributed by atoms with van der Waals surface area (Å²) in [5.41, 5.74) is 3.18. The standard InChI is InChI=1S/C19H16ClN5OS/c20-13-7-5-12(6-8-13)9-22-26-10-16-23-18-17-14-3-1-2-4-15(14)27-19(17)21-11-25(18)24-16/h5-9,11H,1-4,10H2/b22-9-. The van der Waals surface area contributed by atoms with Crippen LogP contribution in [0, 0.1) is 0 Å². The Hall–Kier alpha value is -2.51. The first-order valence-corrected chi connectivity index (χ1v) is 10.0. The van der Waals surface area contributed by atoms with Gasteiger partial charge in [0.1, 0.15) is 11.2 Å². The van der Waals surface area contributed by atoms with Gasteiger partial charge in [0.25, 0.3) is 0 Å². The summed E-state index contributed by atoms with van der Waals surface area (Å²) in [5.74, 6) is 0.591. The maximum Gasteiger partial charge on any atom is 0.192 e. The van der Waals surface area contributed by atoms with Gasteiger partial charge in [0.2, 0.25) is 0 Å². The third kappa shape index (κ3) is 3.17. The Bertz CT molecular complexity index is 1150. The SMILES string of the molecule is Clc1ccc(/C=N\OCc2nc3c4c5c(sc4ncn3n2)CCCC5)cc1. The molecule has 4 aromatic rings. The summed E-state index contributed by atoms with van der Waals surface area (Å²) in [7, 11) is 0. The fourth-order valence-electron chi connectivity index (χ4n) is 3.40. The third-order valence-corrected chi connectivity index (χ3v) is 6.13. The normalized spacial score (nSPS) is 14.3. The lowest BCUT2D eigenvalue weighted by molar-refractivity contribution is 0.126. The Morgan fingerprint density at radius 1 is 1.22 bits per heavy atom. The number of hydrogen-bond acceptors (Lipinski definition) is 6. The zero-order valence-corrected chi connectivity index (χ0v) is 16.0. The van der Waals surface area contributed by atoms with E-state index in [4.69, 9.17) is 16.4 Å². The predicted molar refractivity (Wildman–Crippen MR) is 107 cm³/mol. The Balaban J connectivity index is 1.39. The number of hydrogen-bond donors (Lipinski definition) is 0. The Morgan fingerprint density at radius 2 is 2.07 bits per heavy atom. The van der Waals surface area contributed by atoms with Crippen LogP contribution in [-0.2, 0) is 24.3 Å². The van der Waals surface area contributed by atoms with E-state index in [1.54, 1.807) is 28.4 Å². The van der Waals surface area contributed by atoms with Crippen molar-refractivity contribution in [3.63, 3.8) is 0 Å². The highest BCUT2D eigenvalue weighted by molar-refractivity contribution is 7.19. The van der Waals surface area contributed by atoms with Gasteiger partial charge in [0.05, 0.1) is 11.6 Å². The minimum atomic E-state index is 0.208. The molecule has 8 heteroatoms. The van der Waals surface area contributed by atoms with Crippen LogP contribution in [0.5, 0.6) is 0 Å². The van der Waals surface area contributed by atoms with Crippen LogP contribution in [0.15, 0.2) is 35.7 Å². The molecule has 1 aromatic carbocycles. The molecule has 5 rings (SSSR count). The predicted octanol–water partition coefficient (Wildman–Crippen LogP) is 4.42. The fourth-order valence-corrected chi connectivity index (χ4v) is 4.75. The molecule has 0 atom stereocenters. The van der Waals surface area contributed by atoms with Gasteiger partial charge in [-0.25, -0.2) is 14.5 Å². The number of halogens is 1. The first-order chi connectivity index (χ1) is 13.3. The number of thiophene rings is 1. The first-order valence-electron chi connectivity index (χ1n) is 8.83. The van der Waals surface area contributed by atoms with Gasteiger partial charge < -0.3 is 4.84 Å². The van der Waals surface area contributed by atoms with Crippen molar-refractivity contribution in [3.05, 3.63) is 57.4 Å². The van der Waals surface area contributed by atoms with E-state index in [9.17, 15) is 0 Å². The van der Waals surface area contributed by atoms with Gasteiger partial charge in [-0.2, -0.15) is 0 Å². The summed E-state index contributed by atoms with van der Waals surface area (Å²) in [6.45, 7) is 0.208. The quantitative estimate of drug-likeness (QED) is 0.377. The summed E-state index contributed by atoms with van der Waals surface area (Å²) in [5, 5.41) is 10.3. The van der Waals surface area contributed by atoms with Crippen LogP contribution < -0.4 is 0 Å². The van der Waals surface area contributed by atoms with Gasteiger partial charge in [-0.15, -0.1) is 16.4 Å². The number of aromatic nitrogens is 4.